The summed E-state index contributed by atoms with van der Waals surface area (Å²) in [4.78, 5) is 18.5. The second-order valence-electron chi connectivity index (χ2n) is 5.82. The number of carbonyl (C=O) groups excluding carboxylic acids is 1. The van der Waals surface area contributed by atoms with E-state index in [0.717, 1.165) is 17.2 Å². The molecule has 0 saturated carbocycles. The lowest BCUT2D eigenvalue weighted by Crippen LogP contribution is -2.40. The highest BCUT2D eigenvalue weighted by Gasteiger charge is 2.18. The summed E-state index contributed by atoms with van der Waals surface area (Å²) in [6.07, 6.45) is 1.60. The highest BCUT2D eigenvalue weighted by Crippen LogP contribution is 2.33. The Morgan fingerprint density at radius 1 is 1.00 bits per heavy atom. The van der Waals surface area contributed by atoms with Crippen molar-refractivity contribution in [1.82, 2.24) is 9.88 Å². The molecule has 0 bridgehead atoms. The van der Waals surface area contributed by atoms with Crippen LogP contribution in [0.1, 0.15) is 10.4 Å². The normalized spacial score (nSPS) is 16.4. The van der Waals surface area contributed by atoms with Gasteiger partial charge in [0.25, 0.3) is 5.91 Å². The fraction of sp³-hybridized carbons (Fsp3) is 0.333. The Morgan fingerprint density at radius 2 is 1.80 bits per heavy atom. The molecule has 1 saturated heterocycles. The molecule has 1 amide bonds. The first kappa shape index (κ1) is 15.7. The molecule has 4 rings (SSSR count). The number of nitrogens with one attached hydrogen (secondary N) is 1. The number of aromatic nitrogens is 1. The van der Waals surface area contributed by atoms with Gasteiger partial charge in [0.1, 0.15) is 19.0 Å². The average Bonchev–Trinajstić information content (AvgIpc) is 2.69. The highest BCUT2D eigenvalue weighted by atomic mass is 16.6. The van der Waals surface area contributed by atoms with Crippen molar-refractivity contribution in [1.29, 1.82) is 0 Å². The zero-order valence-electron chi connectivity index (χ0n) is 13.7. The largest absolute Gasteiger partial charge is 0.486 e. The third kappa shape index (κ3) is 3.51. The molecule has 1 aromatic heterocycles. The Morgan fingerprint density at radius 3 is 2.56 bits per heavy atom. The predicted molar refractivity (Wildman–Crippen MR) is 91.7 cm³/mol. The first-order chi connectivity index (χ1) is 12.3. The van der Waals surface area contributed by atoms with Gasteiger partial charge < -0.3 is 24.4 Å². The van der Waals surface area contributed by atoms with E-state index in [1.54, 1.807) is 23.2 Å². The Hall–Kier alpha value is -2.80. The van der Waals surface area contributed by atoms with Gasteiger partial charge in [0, 0.05) is 31.0 Å². The number of carbonyl (C=O) groups is 1. The van der Waals surface area contributed by atoms with Crippen molar-refractivity contribution in [2.45, 2.75) is 0 Å². The van der Waals surface area contributed by atoms with Crippen LogP contribution in [0.25, 0.3) is 0 Å². The second kappa shape index (κ2) is 6.98. The van der Waals surface area contributed by atoms with E-state index in [1.807, 2.05) is 18.2 Å². The van der Waals surface area contributed by atoms with Crippen LogP contribution in [0.5, 0.6) is 11.5 Å². The minimum Gasteiger partial charge on any atom is -0.486 e. The van der Waals surface area contributed by atoms with Gasteiger partial charge >= 0.3 is 0 Å². The average molecular weight is 341 g/mol. The molecule has 25 heavy (non-hydrogen) atoms. The van der Waals surface area contributed by atoms with Crippen LogP contribution in [0.3, 0.4) is 0 Å². The Balaban J connectivity index is 1.44. The van der Waals surface area contributed by atoms with Crippen LogP contribution in [-0.4, -0.2) is 55.3 Å². The number of amides is 1. The zero-order chi connectivity index (χ0) is 17.1. The van der Waals surface area contributed by atoms with Crippen molar-refractivity contribution in [3.63, 3.8) is 0 Å². The van der Waals surface area contributed by atoms with Crippen LogP contribution < -0.4 is 14.8 Å². The first-order valence-corrected chi connectivity index (χ1v) is 8.29. The Bertz CT molecular complexity index is 757. The summed E-state index contributed by atoms with van der Waals surface area (Å²) in [5.74, 6) is 2.11. The van der Waals surface area contributed by atoms with E-state index in [2.05, 4.69) is 10.3 Å². The molecule has 1 N–H and O–H groups in total. The summed E-state index contributed by atoms with van der Waals surface area (Å²) in [6.45, 7) is 3.53. The standard InChI is InChI=1S/C18H19N3O4/c22-18(21-5-7-23-8-6-21)13-1-4-17(19-12-13)20-14-2-3-15-16(11-14)25-10-9-24-15/h1-4,11-12H,5-10H2,(H,19,20). The van der Waals surface area contributed by atoms with Crippen LogP contribution in [-0.2, 0) is 4.74 Å². The van der Waals surface area contributed by atoms with Gasteiger partial charge in [0.15, 0.2) is 11.5 Å². The molecular weight excluding hydrogens is 322 g/mol. The quantitative estimate of drug-likeness (QED) is 0.921. The van der Waals surface area contributed by atoms with Crippen molar-refractivity contribution < 1.29 is 19.0 Å². The molecule has 1 fully saturated rings. The highest BCUT2D eigenvalue weighted by molar-refractivity contribution is 5.94. The van der Waals surface area contributed by atoms with Gasteiger partial charge in [0.2, 0.25) is 0 Å². The number of hydrogen-bond donors (Lipinski definition) is 1. The van der Waals surface area contributed by atoms with E-state index in [0.29, 0.717) is 50.9 Å². The molecule has 0 unspecified atom stereocenters. The summed E-state index contributed by atoms with van der Waals surface area (Å²) < 4.78 is 16.4. The molecule has 3 heterocycles. The Labute approximate surface area is 145 Å². The molecule has 0 radical (unpaired) electrons. The van der Waals surface area contributed by atoms with Crippen molar-refractivity contribution in [2.24, 2.45) is 0 Å². The van der Waals surface area contributed by atoms with Gasteiger partial charge in [-0.25, -0.2) is 4.98 Å². The summed E-state index contributed by atoms with van der Waals surface area (Å²) >= 11 is 0. The second-order valence-corrected chi connectivity index (χ2v) is 5.82. The van der Waals surface area contributed by atoms with E-state index in [4.69, 9.17) is 14.2 Å². The van der Waals surface area contributed by atoms with Crippen molar-refractivity contribution >= 4 is 17.4 Å². The SMILES string of the molecule is O=C(c1ccc(Nc2ccc3c(c2)OCCO3)nc1)N1CCOCC1. The predicted octanol–water partition coefficient (Wildman–Crippen LogP) is 2.07. The molecule has 7 nitrogen and oxygen atoms in total. The number of benzene rings is 1. The van der Waals surface area contributed by atoms with Crippen LogP contribution in [0, 0.1) is 0 Å². The molecule has 130 valence electrons. The van der Waals surface area contributed by atoms with Gasteiger partial charge in [-0.3, -0.25) is 4.79 Å². The number of rotatable bonds is 3. The lowest BCUT2D eigenvalue weighted by Gasteiger charge is -2.26. The van der Waals surface area contributed by atoms with Gasteiger partial charge in [0.05, 0.1) is 18.8 Å². The van der Waals surface area contributed by atoms with Crippen LogP contribution in [0.15, 0.2) is 36.5 Å². The molecule has 2 aromatic rings. The lowest BCUT2D eigenvalue weighted by atomic mass is 10.2. The monoisotopic (exact) mass is 341 g/mol. The van der Waals surface area contributed by atoms with E-state index >= 15 is 0 Å². The van der Waals surface area contributed by atoms with Gasteiger partial charge in [-0.15, -0.1) is 0 Å². The number of hydrogen-bond acceptors (Lipinski definition) is 6. The maximum atomic E-state index is 12.4. The summed E-state index contributed by atoms with van der Waals surface area (Å²) in [5, 5.41) is 3.21. The molecular formula is C18H19N3O4. The maximum absolute atomic E-state index is 12.4. The number of ether oxygens (including phenoxy) is 3. The number of pyridine rings is 1. The number of nitrogens with zero attached hydrogens (tertiary/aromatic N) is 2. The van der Waals surface area contributed by atoms with Crippen molar-refractivity contribution in [3.8, 4) is 11.5 Å². The van der Waals surface area contributed by atoms with Gasteiger partial charge in [-0.2, -0.15) is 0 Å². The van der Waals surface area contributed by atoms with Crippen LogP contribution in [0.4, 0.5) is 11.5 Å². The third-order valence-corrected chi connectivity index (χ3v) is 4.12. The number of morpholine rings is 1. The Kier molecular flexibility index (Phi) is 4.39. The maximum Gasteiger partial charge on any atom is 0.255 e. The molecule has 2 aliphatic rings. The molecule has 1 aromatic carbocycles. The van der Waals surface area contributed by atoms with E-state index in [9.17, 15) is 4.79 Å². The molecule has 0 aliphatic carbocycles. The summed E-state index contributed by atoms with van der Waals surface area (Å²) in [6, 6.07) is 9.23. The van der Waals surface area contributed by atoms with Gasteiger partial charge in [-0.1, -0.05) is 0 Å². The number of anilines is 2. The molecule has 7 heteroatoms. The zero-order valence-corrected chi connectivity index (χ0v) is 13.7. The molecule has 2 aliphatic heterocycles. The minimum atomic E-state index is -0.0123. The van der Waals surface area contributed by atoms with E-state index < -0.39 is 0 Å². The van der Waals surface area contributed by atoms with Gasteiger partial charge in [-0.05, 0) is 24.3 Å². The topological polar surface area (TPSA) is 72.9 Å². The van der Waals surface area contributed by atoms with Crippen molar-refractivity contribution in [3.05, 3.63) is 42.1 Å². The first-order valence-electron chi connectivity index (χ1n) is 8.29. The smallest absolute Gasteiger partial charge is 0.255 e. The number of fused-ring (bicyclic) bond motifs is 1. The van der Waals surface area contributed by atoms with Crippen molar-refractivity contribution in [2.75, 3.05) is 44.8 Å². The lowest BCUT2D eigenvalue weighted by molar-refractivity contribution is 0.0302. The summed E-state index contributed by atoms with van der Waals surface area (Å²) in [7, 11) is 0. The van der Waals surface area contributed by atoms with E-state index in [-0.39, 0.29) is 5.91 Å². The van der Waals surface area contributed by atoms with E-state index in [1.165, 1.54) is 0 Å². The summed E-state index contributed by atoms with van der Waals surface area (Å²) in [5.41, 5.74) is 1.43. The van der Waals surface area contributed by atoms with Crippen LogP contribution >= 0.6 is 0 Å². The minimum absolute atomic E-state index is 0.0123. The third-order valence-electron chi connectivity index (χ3n) is 4.12. The van der Waals surface area contributed by atoms with Crippen LogP contribution in [0.2, 0.25) is 0 Å². The molecule has 0 atom stereocenters. The fourth-order valence-corrected chi connectivity index (χ4v) is 2.81. The molecule has 0 spiro atoms. The fourth-order valence-electron chi connectivity index (χ4n) is 2.81.